The Labute approximate surface area is 66.5 Å². The van der Waals surface area contributed by atoms with Gasteiger partial charge in [-0.15, -0.1) is 0 Å². The normalized spacial score (nSPS) is 11.5. The highest BCUT2D eigenvalue weighted by molar-refractivity contribution is 5.24. The molecular formula is C8H13N3. The predicted molar refractivity (Wildman–Crippen MR) is 45.8 cm³/mol. The van der Waals surface area contributed by atoms with Gasteiger partial charge in [0, 0.05) is 24.3 Å². The fraction of sp³-hybridized carbons (Fsp3) is 0.375. The molecule has 0 aliphatic heterocycles. The van der Waals surface area contributed by atoms with Crippen LogP contribution in [0.3, 0.4) is 0 Å². The molecule has 0 saturated heterocycles. The van der Waals surface area contributed by atoms with Gasteiger partial charge in [-0.25, -0.2) is 4.68 Å². The molecule has 1 rings (SSSR count). The smallest absolute Gasteiger partial charge is 0.0496 e. The Morgan fingerprint density at radius 2 is 2.36 bits per heavy atom. The maximum atomic E-state index is 5.25. The average Bonchev–Trinajstić information content (AvgIpc) is 2.36. The molecule has 0 amide bonds. The van der Waals surface area contributed by atoms with Crippen LogP contribution in [0.5, 0.6) is 0 Å². The van der Waals surface area contributed by atoms with Crippen molar-refractivity contribution in [3.8, 4) is 0 Å². The molecular weight excluding hydrogens is 138 g/mol. The van der Waals surface area contributed by atoms with Crippen LogP contribution < -0.4 is 5.73 Å². The quantitative estimate of drug-likeness (QED) is 0.694. The van der Waals surface area contributed by atoms with Gasteiger partial charge >= 0.3 is 0 Å². The van der Waals surface area contributed by atoms with E-state index in [0.29, 0.717) is 5.92 Å². The molecule has 2 N–H and O–H groups in total. The minimum Gasteiger partial charge on any atom is -0.403 e. The molecule has 1 heterocycles. The lowest BCUT2D eigenvalue weighted by molar-refractivity contribution is 0.757. The van der Waals surface area contributed by atoms with E-state index < -0.39 is 0 Å². The second-order valence-corrected chi connectivity index (χ2v) is 2.70. The summed E-state index contributed by atoms with van der Waals surface area (Å²) in [6.07, 6.45) is 5.00. The van der Waals surface area contributed by atoms with E-state index in [1.54, 1.807) is 17.1 Å². The highest BCUT2D eigenvalue weighted by Gasteiger charge is 2.02. The number of aromatic nitrogens is 2. The SMILES string of the molecule is CC(C)c1ccnn1/C=C\N. The highest BCUT2D eigenvalue weighted by atomic mass is 15.3. The van der Waals surface area contributed by atoms with Crippen LogP contribution in [0.4, 0.5) is 0 Å². The fourth-order valence-electron chi connectivity index (χ4n) is 0.988. The molecule has 0 radical (unpaired) electrons. The first-order valence-corrected chi connectivity index (χ1v) is 3.67. The Kier molecular flexibility index (Phi) is 2.31. The summed E-state index contributed by atoms with van der Waals surface area (Å²) in [7, 11) is 0. The number of hydrogen-bond donors (Lipinski definition) is 1. The topological polar surface area (TPSA) is 43.8 Å². The van der Waals surface area contributed by atoms with E-state index in [0.717, 1.165) is 0 Å². The van der Waals surface area contributed by atoms with Gasteiger partial charge in [0.2, 0.25) is 0 Å². The lowest BCUT2D eigenvalue weighted by Gasteiger charge is -2.04. The molecule has 0 aromatic carbocycles. The van der Waals surface area contributed by atoms with Crippen molar-refractivity contribution in [2.75, 3.05) is 0 Å². The molecule has 0 aliphatic carbocycles. The van der Waals surface area contributed by atoms with Crippen LogP contribution >= 0.6 is 0 Å². The van der Waals surface area contributed by atoms with Crippen molar-refractivity contribution >= 4 is 6.20 Å². The standard InChI is InChI=1S/C8H13N3/c1-7(2)8-3-5-10-11(8)6-4-9/h3-7H,9H2,1-2H3/b6-4-. The lowest BCUT2D eigenvalue weighted by atomic mass is 10.1. The predicted octanol–water partition coefficient (Wildman–Crippen LogP) is 1.39. The highest BCUT2D eigenvalue weighted by Crippen LogP contribution is 2.12. The van der Waals surface area contributed by atoms with Crippen molar-refractivity contribution in [2.45, 2.75) is 19.8 Å². The summed E-state index contributed by atoms with van der Waals surface area (Å²) in [5.74, 6) is 0.480. The Bertz CT molecular complexity index is 248. The largest absolute Gasteiger partial charge is 0.403 e. The Balaban J connectivity index is 2.96. The first-order chi connectivity index (χ1) is 5.25. The van der Waals surface area contributed by atoms with Crippen molar-refractivity contribution in [1.29, 1.82) is 0 Å². The molecule has 60 valence electrons. The van der Waals surface area contributed by atoms with E-state index in [4.69, 9.17) is 5.73 Å². The molecule has 0 unspecified atom stereocenters. The van der Waals surface area contributed by atoms with Crippen LogP contribution in [-0.2, 0) is 0 Å². The van der Waals surface area contributed by atoms with E-state index in [1.165, 1.54) is 11.9 Å². The second kappa shape index (κ2) is 3.23. The Hall–Kier alpha value is -1.25. The summed E-state index contributed by atoms with van der Waals surface area (Å²) in [5, 5.41) is 4.08. The second-order valence-electron chi connectivity index (χ2n) is 2.70. The van der Waals surface area contributed by atoms with Crippen LogP contribution in [0.2, 0.25) is 0 Å². The van der Waals surface area contributed by atoms with Crippen LogP contribution in [0.1, 0.15) is 25.5 Å². The van der Waals surface area contributed by atoms with Gasteiger partial charge in [-0.05, 0) is 12.0 Å². The third-order valence-electron chi connectivity index (χ3n) is 1.52. The molecule has 0 saturated carbocycles. The molecule has 0 atom stereocenters. The zero-order valence-corrected chi connectivity index (χ0v) is 6.86. The zero-order valence-electron chi connectivity index (χ0n) is 6.86. The maximum Gasteiger partial charge on any atom is 0.0496 e. The number of rotatable bonds is 2. The van der Waals surface area contributed by atoms with Crippen molar-refractivity contribution < 1.29 is 0 Å². The van der Waals surface area contributed by atoms with Gasteiger partial charge in [0.1, 0.15) is 0 Å². The molecule has 0 spiro atoms. The minimum atomic E-state index is 0.480. The Morgan fingerprint density at radius 3 is 2.91 bits per heavy atom. The van der Waals surface area contributed by atoms with E-state index >= 15 is 0 Å². The molecule has 0 bridgehead atoms. The first kappa shape index (κ1) is 7.85. The lowest BCUT2D eigenvalue weighted by Crippen LogP contribution is -1.99. The summed E-state index contributed by atoms with van der Waals surface area (Å²) in [5.41, 5.74) is 6.42. The van der Waals surface area contributed by atoms with E-state index in [1.807, 2.05) is 6.07 Å². The van der Waals surface area contributed by atoms with Gasteiger partial charge < -0.3 is 5.73 Å². The van der Waals surface area contributed by atoms with Gasteiger partial charge in [-0.2, -0.15) is 5.10 Å². The fourth-order valence-corrected chi connectivity index (χ4v) is 0.988. The van der Waals surface area contributed by atoms with Crippen LogP contribution in [0.25, 0.3) is 6.20 Å². The number of nitrogens with two attached hydrogens (primary N) is 1. The zero-order chi connectivity index (χ0) is 8.27. The summed E-state index contributed by atoms with van der Waals surface area (Å²) in [6, 6.07) is 1.99. The average molecular weight is 151 g/mol. The number of nitrogens with zero attached hydrogens (tertiary/aromatic N) is 2. The van der Waals surface area contributed by atoms with E-state index in [9.17, 15) is 0 Å². The number of hydrogen-bond acceptors (Lipinski definition) is 2. The van der Waals surface area contributed by atoms with Crippen molar-refractivity contribution in [3.63, 3.8) is 0 Å². The van der Waals surface area contributed by atoms with Crippen molar-refractivity contribution in [3.05, 3.63) is 24.2 Å². The van der Waals surface area contributed by atoms with Crippen molar-refractivity contribution in [2.24, 2.45) is 5.73 Å². The van der Waals surface area contributed by atoms with Gasteiger partial charge in [0.15, 0.2) is 0 Å². The van der Waals surface area contributed by atoms with Gasteiger partial charge in [0.05, 0.1) is 0 Å². The first-order valence-electron chi connectivity index (χ1n) is 3.67. The third-order valence-corrected chi connectivity index (χ3v) is 1.52. The van der Waals surface area contributed by atoms with Crippen LogP contribution in [0.15, 0.2) is 18.5 Å². The summed E-state index contributed by atoms with van der Waals surface area (Å²) < 4.78 is 1.78. The summed E-state index contributed by atoms with van der Waals surface area (Å²) >= 11 is 0. The third kappa shape index (κ3) is 1.61. The van der Waals surface area contributed by atoms with E-state index in [-0.39, 0.29) is 0 Å². The summed E-state index contributed by atoms with van der Waals surface area (Å²) in [4.78, 5) is 0. The minimum absolute atomic E-state index is 0.480. The van der Waals surface area contributed by atoms with Crippen LogP contribution in [0, 0.1) is 0 Å². The molecule has 0 fully saturated rings. The van der Waals surface area contributed by atoms with E-state index in [2.05, 4.69) is 18.9 Å². The molecule has 11 heavy (non-hydrogen) atoms. The Morgan fingerprint density at radius 1 is 1.64 bits per heavy atom. The maximum absolute atomic E-state index is 5.25. The molecule has 3 heteroatoms. The van der Waals surface area contributed by atoms with Gasteiger partial charge in [-0.3, -0.25) is 0 Å². The van der Waals surface area contributed by atoms with Crippen molar-refractivity contribution in [1.82, 2.24) is 9.78 Å². The van der Waals surface area contributed by atoms with Gasteiger partial charge in [-0.1, -0.05) is 13.8 Å². The molecule has 1 aromatic heterocycles. The molecule has 1 aromatic rings. The van der Waals surface area contributed by atoms with Crippen LogP contribution in [-0.4, -0.2) is 9.78 Å². The molecule has 0 aliphatic rings. The monoisotopic (exact) mass is 151 g/mol. The molecule has 3 nitrogen and oxygen atoms in total. The van der Waals surface area contributed by atoms with Gasteiger partial charge in [0.25, 0.3) is 0 Å². The summed E-state index contributed by atoms with van der Waals surface area (Å²) in [6.45, 7) is 4.25.